The van der Waals surface area contributed by atoms with E-state index in [0.29, 0.717) is 0 Å². The van der Waals surface area contributed by atoms with Crippen LogP contribution in [0.5, 0.6) is 0 Å². The van der Waals surface area contributed by atoms with Gasteiger partial charge in [-0.05, 0) is 39.0 Å². The van der Waals surface area contributed by atoms with Gasteiger partial charge in [0, 0.05) is 5.57 Å². The summed E-state index contributed by atoms with van der Waals surface area (Å²) >= 11 is 0. The molecule has 0 atom stereocenters. The molecule has 1 aliphatic rings. The van der Waals surface area contributed by atoms with Crippen molar-refractivity contribution >= 4 is 5.97 Å². The van der Waals surface area contributed by atoms with E-state index in [1.165, 1.54) is 25.7 Å². The largest absolute Gasteiger partial charge is 0.459 e. The van der Waals surface area contributed by atoms with Gasteiger partial charge in [-0.25, -0.2) is 4.79 Å². The van der Waals surface area contributed by atoms with Crippen LogP contribution < -0.4 is 0 Å². The number of esters is 1. The quantitative estimate of drug-likeness (QED) is 0.410. The van der Waals surface area contributed by atoms with Gasteiger partial charge in [-0.3, -0.25) is 0 Å². The Hall–Kier alpha value is -0.790. The van der Waals surface area contributed by atoms with Gasteiger partial charge in [-0.15, -0.1) is 0 Å². The number of hydrogen-bond acceptors (Lipinski definition) is 2. The van der Waals surface area contributed by atoms with Gasteiger partial charge in [-0.1, -0.05) is 32.3 Å². The highest BCUT2D eigenvalue weighted by molar-refractivity contribution is 5.87. The van der Waals surface area contributed by atoms with Crippen LogP contribution in [0.4, 0.5) is 0 Å². The minimum Gasteiger partial charge on any atom is -0.459 e. The smallest absolute Gasteiger partial charge is 0.333 e. The van der Waals surface area contributed by atoms with E-state index >= 15 is 0 Å². The highest BCUT2D eigenvalue weighted by Crippen LogP contribution is 2.20. The number of rotatable bonds is 4. The molecule has 2 nitrogen and oxygen atoms in total. The first kappa shape index (κ1) is 13.3. The fraction of sp³-hybridized carbons (Fsp3) is 0.786. The number of carbonyl (C=O) groups is 1. The highest BCUT2D eigenvalue weighted by Gasteiger charge is 2.17. The molecule has 1 fully saturated rings. The lowest BCUT2D eigenvalue weighted by molar-refractivity contribution is -0.144. The molecule has 0 unspecified atom stereocenters. The number of hydrogen-bond donors (Lipinski definition) is 0. The van der Waals surface area contributed by atoms with Gasteiger partial charge >= 0.3 is 5.97 Å². The van der Waals surface area contributed by atoms with Crippen molar-refractivity contribution in [2.24, 2.45) is 0 Å². The monoisotopic (exact) mass is 224 g/mol. The minimum absolute atomic E-state index is 0.111. The van der Waals surface area contributed by atoms with Crippen LogP contribution in [0.2, 0.25) is 0 Å². The van der Waals surface area contributed by atoms with E-state index in [-0.39, 0.29) is 12.1 Å². The molecule has 0 amide bonds. The molecule has 0 aromatic rings. The van der Waals surface area contributed by atoms with Crippen molar-refractivity contribution in [2.75, 3.05) is 0 Å². The normalized spacial score (nSPS) is 19.2. The molecule has 0 aromatic heterocycles. The molecule has 0 aromatic carbocycles. The van der Waals surface area contributed by atoms with Crippen LogP contribution in [0.1, 0.15) is 65.2 Å². The molecule has 0 bridgehead atoms. The van der Waals surface area contributed by atoms with Crippen LogP contribution in [-0.2, 0) is 9.53 Å². The Morgan fingerprint density at radius 3 is 2.44 bits per heavy atom. The summed E-state index contributed by atoms with van der Waals surface area (Å²) in [6.07, 6.45) is 11.3. The van der Waals surface area contributed by atoms with Gasteiger partial charge < -0.3 is 4.74 Å². The molecule has 16 heavy (non-hydrogen) atoms. The molecule has 0 heterocycles. The maximum absolute atomic E-state index is 11.7. The first-order valence-corrected chi connectivity index (χ1v) is 6.61. The highest BCUT2D eigenvalue weighted by atomic mass is 16.5. The van der Waals surface area contributed by atoms with Crippen molar-refractivity contribution in [3.8, 4) is 0 Å². The van der Waals surface area contributed by atoms with E-state index in [9.17, 15) is 4.79 Å². The zero-order valence-corrected chi connectivity index (χ0v) is 10.6. The van der Waals surface area contributed by atoms with Crippen LogP contribution in [0.25, 0.3) is 0 Å². The van der Waals surface area contributed by atoms with E-state index in [1.54, 1.807) is 0 Å². The summed E-state index contributed by atoms with van der Waals surface area (Å²) < 4.78 is 5.52. The van der Waals surface area contributed by atoms with Crippen molar-refractivity contribution in [1.29, 1.82) is 0 Å². The maximum atomic E-state index is 11.7. The van der Waals surface area contributed by atoms with Crippen LogP contribution in [0.15, 0.2) is 11.6 Å². The molecule has 1 aliphatic carbocycles. The Morgan fingerprint density at radius 2 is 1.88 bits per heavy atom. The van der Waals surface area contributed by atoms with E-state index < -0.39 is 0 Å². The van der Waals surface area contributed by atoms with Crippen LogP contribution >= 0.6 is 0 Å². The lowest BCUT2D eigenvalue weighted by Crippen LogP contribution is -2.18. The molecule has 1 rings (SSSR count). The molecule has 0 radical (unpaired) electrons. The lowest BCUT2D eigenvalue weighted by atomic mass is 10.1. The molecule has 2 heteroatoms. The molecule has 1 saturated carbocycles. The second kappa shape index (κ2) is 7.48. The van der Waals surface area contributed by atoms with Gasteiger partial charge in [-0.2, -0.15) is 0 Å². The van der Waals surface area contributed by atoms with Crippen LogP contribution in [-0.4, -0.2) is 12.1 Å². The summed E-state index contributed by atoms with van der Waals surface area (Å²) in [4.78, 5) is 11.7. The third kappa shape index (κ3) is 4.82. The van der Waals surface area contributed by atoms with Crippen molar-refractivity contribution in [2.45, 2.75) is 71.3 Å². The first-order chi connectivity index (χ1) is 7.74. The molecule has 0 saturated heterocycles. The van der Waals surface area contributed by atoms with Gasteiger partial charge in [0.15, 0.2) is 0 Å². The number of ether oxygens (including phenoxy) is 1. The third-order valence-corrected chi connectivity index (χ3v) is 3.14. The predicted octanol–water partition coefficient (Wildman–Crippen LogP) is 4.00. The summed E-state index contributed by atoms with van der Waals surface area (Å²) in [5.74, 6) is -0.111. The van der Waals surface area contributed by atoms with Gasteiger partial charge in [0.2, 0.25) is 0 Å². The average Bonchev–Trinajstić information content (AvgIpc) is 2.54. The number of unbranched alkanes of at least 4 members (excludes halogenated alkanes) is 1. The molecule has 0 aliphatic heterocycles. The fourth-order valence-corrected chi connectivity index (χ4v) is 2.05. The zero-order valence-electron chi connectivity index (χ0n) is 10.6. The fourth-order valence-electron chi connectivity index (χ4n) is 2.05. The molecule has 0 N–H and O–H groups in total. The summed E-state index contributed by atoms with van der Waals surface area (Å²) in [6, 6.07) is 0. The minimum atomic E-state index is -0.111. The second-order valence-corrected chi connectivity index (χ2v) is 4.69. The average molecular weight is 224 g/mol. The Kier molecular flexibility index (Phi) is 6.20. The molecule has 92 valence electrons. The summed E-state index contributed by atoms with van der Waals surface area (Å²) in [5, 5.41) is 0. The van der Waals surface area contributed by atoms with Crippen LogP contribution in [0.3, 0.4) is 0 Å². The van der Waals surface area contributed by atoms with Gasteiger partial charge in [0.25, 0.3) is 0 Å². The SMILES string of the molecule is CCCC=C(C)C(=O)OC1CCCCCC1. The topological polar surface area (TPSA) is 26.3 Å². The summed E-state index contributed by atoms with van der Waals surface area (Å²) in [5.41, 5.74) is 0.770. The standard InChI is InChI=1S/C14H24O2/c1-3-4-9-12(2)14(15)16-13-10-7-5-6-8-11-13/h9,13H,3-8,10-11H2,1-2H3. The van der Waals surface area contributed by atoms with Crippen molar-refractivity contribution in [3.63, 3.8) is 0 Å². The predicted molar refractivity (Wildman–Crippen MR) is 66.2 cm³/mol. The van der Waals surface area contributed by atoms with Crippen molar-refractivity contribution in [3.05, 3.63) is 11.6 Å². The summed E-state index contributed by atoms with van der Waals surface area (Å²) in [7, 11) is 0. The van der Waals surface area contributed by atoms with Crippen molar-refractivity contribution < 1.29 is 9.53 Å². The third-order valence-electron chi connectivity index (χ3n) is 3.14. The summed E-state index contributed by atoms with van der Waals surface area (Å²) in [6.45, 7) is 3.97. The Balaban J connectivity index is 2.36. The zero-order chi connectivity index (χ0) is 11.8. The van der Waals surface area contributed by atoms with Crippen LogP contribution in [0, 0.1) is 0 Å². The van der Waals surface area contributed by atoms with E-state index in [2.05, 4.69) is 6.92 Å². The molecular formula is C14H24O2. The lowest BCUT2D eigenvalue weighted by Gasteiger charge is -2.15. The number of carbonyl (C=O) groups excluding carboxylic acids is 1. The van der Waals surface area contributed by atoms with E-state index in [1.807, 2.05) is 13.0 Å². The molecule has 0 spiro atoms. The Bertz CT molecular complexity index is 235. The maximum Gasteiger partial charge on any atom is 0.333 e. The van der Waals surface area contributed by atoms with Gasteiger partial charge in [0.1, 0.15) is 6.10 Å². The first-order valence-electron chi connectivity index (χ1n) is 6.61. The number of allylic oxidation sites excluding steroid dienone is 1. The van der Waals surface area contributed by atoms with E-state index in [0.717, 1.165) is 31.3 Å². The van der Waals surface area contributed by atoms with Gasteiger partial charge in [0.05, 0.1) is 0 Å². The Labute approximate surface area is 99.1 Å². The van der Waals surface area contributed by atoms with Crippen molar-refractivity contribution in [1.82, 2.24) is 0 Å². The Morgan fingerprint density at radius 1 is 1.25 bits per heavy atom. The molecular weight excluding hydrogens is 200 g/mol. The second-order valence-electron chi connectivity index (χ2n) is 4.69. The van der Waals surface area contributed by atoms with E-state index in [4.69, 9.17) is 4.74 Å².